The number of carbonyl (C=O) groups excluding carboxylic acids is 3. The zero-order valence-corrected chi connectivity index (χ0v) is 20.2. The van der Waals surface area contributed by atoms with Crippen molar-refractivity contribution in [2.75, 3.05) is 6.54 Å². The molecule has 0 bridgehead atoms. The number of rotatable bonds is 10. The minimum atomic E-state index is -1.32. The molecule has 1 saturated heterocycles. The average Bonchev–Trinajstić information content (AvgIpc) is 3.36. The van der Waals surface area contributed by atoms with Gasteiger partial charge in [-0.2, -0.15) is 0 Å². The van der Waals surface area contributed by atoms with Crippen molar-refractivity contribution in [2.24, 2.45) is 0 Å². The predicted octanol–water partition coefficient (Wildman–Crippen LogP) is 3.27. The summed E-state index contributed by atoms with van der Waals surface area (Å²) in [7, 11) is 0. The van der Waals surface area contributed by atoms with Crippen LogP contribution in [-0.4, -0.2) is 58.7 Å². The quantitative estimate of drug-likeness (QED) is 0.483. The second-order valence-corrected chi connectivity index (χ2v) is 9.44. The molecule has 3 N–H and O–H groups in total. The Morgan fingerprint density at radius 3 is 2.53 bits per heavy atom. The van der Waals surface area contributed by atoms with Crippen molar-refractivity contribution in [2.45, 2.75) is 102 Å². The van der Waals surface area contributed by atoms with Gasteiger partial charge in [0, 0.05) is 12.6 Å². The summed E-state index contributed by atoms with van der Waals surface area (Å²) in [5.41, 5.74) is 0.878. The SMILES string of the molecule is CCCC[C@H](NC(=O)[C@@H]1CCCN1C(=O)OCc1ccccc1)[C@H](O)C(=O)NC1CCCCC1. The van der Waals surface area contributed by atoms with Crippen LogP contribution < -0.4 is 10.6 Å². The normalized spacial score (nSPS) is 20.4. The summed E-state index contributed by atoms with van der Waals surface area (Å²) in [6.07, 6.45) is 6.70. The molecule has 3 amide bonds. The Morgan fingerprint density at radius 1 is 1.09 bits per heavy atom. The highest BCUT2D eigenvalue weighted by Crippen LogP contribution is 2.21. The maximum absolute atomic E-state index is 13.1. The van der Waals surface area contributed by atoms with Gasteiger partial charge in [0.1, 0.15) is 12.6 Å². The molecule has 0 radical (unpaired) electrons. The highest BCUT2D eigenvalue weighted by molar-refractivity contribution is 5.88. The summed E-state index contributed by atoms with van der Waals surface area (Å²) >= 11 is 0. The molecule has 2 aliphatic rings. The lowest BCUT2D eigenvalue weighted by atomic mass is 9.95. The van der Waals surface area contributed by atoms with Crippen LogP contribution in [0.2, 0.25) is 0 Å². The van der Waals surface area contributed by atoms with Crippen LogP contribution in [-0.2, 0) is 20.9 Å². The number of ether oxygens (including phenoxy) is 1. The zero-order chi connectivity index (χ0) is 24.3. The molecule has 8 heteroatoms. The number of likely N-dealkylation sites (tertiary alicyclic amines) is 1. The van der Waals surface area contributed by atoms with Crippen molar-refractivity contribution in [3.63, 3.8) is 0 Å². The first-order valence-electron chi connectivity index (χ1n) is 12.8. The number of hydrogen-bond donors (Lipinski definition) is 3. The van der Waals surface area contributed by atoms with E-state index in [9.17, 15) is 19.5 Å². The number of nitrogens with one attached hydrogen (secondary N) is 2. The van der Waals surface area contributed by atoms with Gasteiger partial charge < -0.3 is 20.5 Å². The third-order valence-corrected chi connectivity index (χ3v) is 6.79. The Hall–Kier alpha value is -2.61. The molecule has 0 unspecified atom stereocenters. The topological polar surface area (TPSA) is 108 Å². The zero-order valence-electron chi connectivity index (χ0n) is 20.2. The van der Waals surface area contributed by atoms with Gasteiger partial charge in [-0.05, 0) is 37.7 Å². The molecule has 0 spiro atoms. The van der Waals surface area contributed by atoms with Gasteiger partial charge in [-0.1, -0.05) is 69.4 Å². The van der Waals surface area contributed by atoms with E-state index in [0.717, 1.165) is 44.1 Å². The fraction of sp³-hybridized carbons (Fsp3) is 0.654. The molecule has 2 fully saturated rings. The van der Waals surface area contributed by atoms with Gasteiger partial charge in [-0.15, -0.1) is 0 Å². The first-order chi connectivity index (χ1) is 16.5. The molecule has 0 aromatic heterocycles. The first kappa shape index (κ1) is 26.0. The highest BCUT2D eigenvalue weighted by Gasteiger charge is 2.37. The van der Waals surface area contributed by atoms with E-state index in [4.69, 9.17) is 4.74 Å². The smallest absolute Gasteiger partial charge is 0.410 e. The van der Waals surface area contributed by atoms with Gasteiger partial charge in [0.15, 0.2) is 6.10 Å². The third kappa shape index (κ3) is 7.45. The maximum atomic E-state index is 13.1. The summed E-state index contributed by atoms with van der Waals surface area (Å²) in [6.45, 7) is 2.61. The number of unbranched alkanes of at least 4 members (excludes halogenated alkanes) is 1. The highest BCUT2D eigenvalue weighted by atomic mass is 16.6. The van der Waals surface area contributed by atoms with Gasteiger partial charge in [0.25, 0.3) is 5.91 Å². The van der Waals surface area contributed by atoms with E-state index in [1.807, 2.05) is 37.3 Å². The molecule has 1 aliphatic heterocycles. The number of amides is 3. The number of aliphatic hydroxyl groups is 1. The number of carbonyl (C=O) groups is 3. The van der Waals surface area contributed by atoms with E-state index in [2.05, 4.69) is 10.6 Å². The van der Waals surface area contributed by atoms with Crippen LogP contribution in [0.5, 0.6) is 0 Å². The molecule has 3 atom stereocenters. The molecular formula is C26H39N3O5. The Balaban J connectivity index is 1.57. The van der Waals surface area contributed by atoms with E-state index in [-0.39, 0.29) is 18.6 Å². The lowest BCUT2D eigenvalue weighted by Gasteiger charge is -2.29. The second kappa shape index (κ2) is 13.3. The Morgan fingerprint density at radius 2 is 1.82 bits per heavy atom. The van der Waals surface area contributed by atoms with Crippen molar-refractivity contribution in [3.05, 3.63) is 35.9 Å². The standard InChI is InChI=1S/C26H39N3O5/c1-2-3-15-21(23(30)25(32)27-20-13-8-5-9-14-20)28-24(31)22-16-10-17-29(22)26(33)34-18-19-11-6-4-7-12-19/h4,6-7,11-12,20-23,30H,2-3,5,8-10,13-18H2,1H3,(H,27,32)(H,28,31)/t21-,22-,23-/m0/s1. The molecule has 1 aliphatic carbocycles. The minimum Gasteiger partial charge on any atom is -0.445 e. The van der Waals surface area contributed by atoms with E-state index in [0.29, 0.717) is 25.8 Å². The van der Waals surface area contributed by atoms with Gasteiger partial charge in [0.2, 0.25) is 5.91 Å². The van der Waals surface area contributed by atoms with Gasteiger partial charge in [0.05, 0.1) is 6.04 Å². The average molecular weight is 474 g/mol. The number of aliphatic hydroxyl groups excluding tert-OH is 1. The summed E-state index contributed by atoms with van der Waals surface area (Å²) in [5.74, 6) is -0.779. The number of benzene rings is 1. The van der Waals surface area contributed by atoms with Crippen LogP contribution in [0.3, 0.4) is 0 Å². The van der Waals surface area contributed by atoms with E-state index < -0.39 is 30.2 Å². The largest absolute Gasteiger partial charge is 0.445 e. The summed E-state index contributed by atoms with van der Waals surface area (Å²) in [6, 6.07) is 8.12. The molecule has 188 valence electrons. The Bertz CT molecular complexity index is 797. The fourth-order valence-corrected chi connectivity index (χ4v) is 4.79. The molecule has 3 rings (SSSR count). The van der Waals surface area contributed by atoms with E-state index >= 15 is 0 Å². The molecule has 8 nitrogen and oxygen atoms in total. The van der Waals surface area contributed by atoms with Gasteiger partial charge in [-0.25, -0.2) is 4.79 Å². The monoisotopic (exact) mass is 473 g/mol. The van der Waals surface area contributed by atoms with Gasteiger partial charge >= 0.3 is 6.09 Å². The summed E-state index contributed by atoms with van der Waals surface area (Å²) in [5, 5.41) is 16.6. The van der Waals surface area contributed by atoms with Crippen LogP contribution in [0.1, 0.15) is 76.7 Å². The molecule has 34 heavy (non-hydrogen) atoms. The van der Waals surface area contributed by atoms with Crippen LogP contribution >= 0.6 is 0 Å². The van der Waals surface area contributed by atoms with Crippen molar-refractivity contribution in [1.82, 2.24) is 15.5 Å². The van der Waals surface area contributed by atoms with Crippen molar-refractivity contribution >= 4 is 17.9 Å². The summed E-state index contributed by atoms with van der Waals surface area (Å²) < 4.78 is 5.43. The first-order valence-corrected chi connectivity index (χ1v) is 12.8. The molecule has 1 heterocycles. The molecule has 1 saturated carbocycles. The van der Waals surface area contributed by atoms with Crippen LogP contribution in [0.15, 0.2) is 30.3 Å². The lowest BCUT2D eigenvalue weighted by molar-refractivity contribution is -0.134. The Kier molecular flexibility index (Phi) is 10.2. The van der Waals surface area contributed by atoms with E-state index in [1.165, 1.54) is 11.3 Å². The van der Waals surface area contributed by atoms with Crippen molar-refractivity contribution < 1.29 is 24.2 Å². The summed E-state index contributed by atoms with van der Waals surface area (Å²) in [4.78, 5) is 39.9. The maximum Gasteiger partial charge on any atom is 0.410 e. The van der Waals surface area contributed by atoms with Gasteiger partial charge in [-0.3, -0.25) is 14.5 Å². The minimum absolute atomic E-state index is 0.0862. The van der Waals surface area contributed by atoms with Crippen LogP contribution in [0, 0.1) is 0 Å². The fourth-order valence-electron chi connectivity index (χ4n) is 4.79. The Labute approximate surface area is 202 Å². The molecule has 1 aromatic rings. The van der Waals surface area contributed by atoms with Crippen LogP contribution in [0.4, 0.5) is 4.79 Å². The molecule has 1 aromatic carbocycles. The van der Waals surface area contributed by atoms with Crippen molar-refractivity contribution in [3.8, 4) is 0 Å². The van der Waals surface area contributed by atoms with E-state index in [1.54, 1.807) is 0 Å². The van der Waals surface area contributed by atoms with Crippen molar-refractivity contribution in [1.29, 1.82) is 0 Å². The predicted molar refractivity (Wildman–Crippen MR) is 129 cm³/mol. The molecular weight excluding hydrogens is 434 g/mol. The number of hydrogen-bond acceptors (Lipinski definition) is 5. The second-order valence-electron chi connectivity index (χ2n) is 9.44. The third-order valence-electron chi connectivity index (χ3n) is 6.79. The van der Waals surface area contributed by atoms with Crippen LogP contribution in [0.25, 0.3) is 0 Å². The number of nitrogens with zero attached hydrogens (tertiary/aromatic N) is 1. The lowest BCUT2D eigenvalue weighted by Crippen LogP contribution is -2.56.